The molecule has 0 radical (unpaired) electrons. The molecule has 7 nitrogen and oxygen atoms in total. The molecule has 0 unspecified atom stereocenters. The van der Waals surface area contributed by atoms with Crippen LogP contribution in [0.2, 0.25) is 0 Å². The molecule has 0 saturated carbocycles. The number of aryl methyl sites for hydroxylation is 1. The first-order chi connectivity index (χ1) is 10.3. The van der Waals surface area contributed by atoms with Gasteiger partial charge in [0.15, 0.2) is 0 Å². The number of aromatic nitrogens is 2. The standard InChI is InChI=1S/C13H15FN4O3S/c1-15-13(19)9-18(11-5-3-4-10(14)6-11)22(20,21)12-7-16-17(2)8-12/h3-8H,9H2,1-2H3,(H,15,19). The van der Waals surface area contributed by atoms with Crippen LogP contribution in [0.25, 0.3) is 0 Å². The van der Waals surface area contributed by atoms with Gasteiger partial charge in [0.05, 0.1) is 11.9 Å². The summed E-state index contributed by atoms with van der Waals surface area (Å²) in [5.74, 6) is -1.11. The van der Waals surface area contributed by atoms with Crippen molar-refractivity contribution in [2.24, 2.45) is 7.05 Å². The number of benzene rings is 1. The lowest BCUT2D eigenvalue weighted by Gasteiger charge is -2.22. The second kappa shape index (κ2) is 6.14. The second-order valence-corrected chi connectivity index (χ2v) is 6.38. The highest BCUT2D eigenvalue weighted by molar-refractivity contribution is 7.92. The van der Waals surface area contributed by atoms with E-state index in [9.17, 15) is 17.6 Å². The number of carbonyl (C=O) groups is 1. The van der Waals surface area contributed by atoms with Gasteiger partial charge in [-0.25, -0.2) is 12.8 Å². The minimum atomic E-state index is -4.03. The molecule has 0 aliphatic carbocycles. The van der Waals surface area contributed by atoms with Crippen LogP contribution in [0, 0.1) is 5.82 Å². The number of rotatable bonds is 5. The summed E-state index contributed by atoms with van der Waals surface area (Å²) in [5.41, 5.74) is 0.0625. The van der Waals surface area contributed by atoms with Gasteiger partial charge in [-0.15, -0.1) is 0 Å². The third-order valence-corrected chi connectivity index (χ3v) is 4.66. The lowest BCUT2D eigenvalue weighted by Crippen LogP contribution is -2.39. The van der Waals surface area contributed by atoms with Crippen molar-refractivity contribution >= 4 is 21.6 Å². The van der Waals surface area contributed by atoms with Crippen molar-refractivity contribution in [3.05, 3.63) is 42.5 Å². The van der Waals surface area contributed by atoms with E-state index in [-0.39, 0.29) is 10.6 Å². The van der Waals surface area contributed by atoms with Crippen LogP contribution in [0.3, 0.4) is 0 Å². The fraction of sp³-hybridized carbons (Fsp3) is 0.231. The van der Waals surface area contributed by atoms with E-state index in [1.54, 1.807) is 7.05 Å². The predicted octanol–water partition coefficient (Wildman–Crippen LogP) is 0.500. The van der Waals surface area contributed by atoms with Crippen molar-refractivity contribution in [1.82, 2.24) is 15.1 Å². The first-order valence-corrected chi connectivity index (χ1v) is 7.76. The summed E-state index contributed by atoms with van der Waals surface area (Å²) in [6.07, 6.45) is 2.48. The molecule has 0 aliphatic rings. The van der Waals surface area contributed by atoms with E-state index >= 15 is 0 Å². The molecule has 2 aromatic rings. The zero-order chi connectivity index (χ0) is 16.3. The molecule has 1 N–H and O–H groups in total. The molecule has 1 aromatic carbocycles. The van der Waals surface area contributed by atoms with E-state index in [2.05, 4.69) is 10.4 Å². The highest BCUT2D eigenvalue weighted by Crippen LogP contribution is 2.23. The van der Waals surface area contributed by atoms with Gasteiger partial charge in [0.2, 0.25) is 5.91 Å². The second-order valence-electron chi connectivity index (χ2n) is 4.51. The summed E-state index contributed by atoms with van der Waals surface area (Å²) in [7, 11) is -1.07. The molecule has 0 aliphatic heterocycles. The number of amides is 1. The molecule has 0 atom stereocenters. The van der Waals surface area contributed by atoms with Crippen LogP contribution < -0.4 is 9.62 Å². The number of sulfonamides is 1. The summed E-state index contributed by atoms with van der Waals surface area (Å²) in [5, 5.41) is 6.16. The van der Waals surface area contributed by atoms with E-state index in [4.69, 9.17) is 0 Å². The molecule has 22 heavy (non-hydrogen) atoms. The normalized spacial score (nSPS) is 11.2. The largest absolute Gasteiger partial charge is 0.358 e. The van der Waals surface area contributed by atoms with Crippen molar-refractivity contribution in [3.63, 3.8) is 0 Å². The lowest BCUT2D eigenvalue weighted by atomic mass is 10.3. The highest BCUT2D eigenvalue weighted by atomic mass is 32.2. The Labute approximate surface area is 127 Å². The summed E-state index contributed by atoms with van der Waals surface area (Å²) in [6, 6.07) is 5.04. The number of halogens is 1. The van der Waals surface area contributed by atoms with Crippen LogP contribution in [0.1, 0.15) is 0 Å². The quantitative estimate of drug-likeness (QED) is 0.867. The molecule has 9 heteroatoms. The smallest absolute Gasteiger partial charge is 0.267 e. The van der Waals surface area contributed by atoms with Gasteiger partial charge in [0.1, 0.15) is 17.3 Å². The monoisotopic (exact) mass is 326 g/mol. The Bertz CT molecular complexity index is 788. The van der Waals surface area contributed by atoms with E-state index in [0.717, 1.165) is 10.4 Å². The van der Waals surface area contributed by atoms with Gasteiger partial charge in [-0.05, 0) is 18.2 Å². The summed E-state index contributed by atoms with van der Waals surface area (Å²) < 4.78 is 40.9. The van der Waals surface area contributed by atoms with Gasteiger partial charge in [-0.2, -0.15) is 5.10 Å². The molecule has 0 saturated heterocycles. The molecule has 0 spiro atoms. The van der Waals surface area contributed by atoms with Gasteiger partial charge in [0.25, 0.3) is 10.0 Å². The SMILES string of the molecule is CNC(=O)CN(c1cccc(F)c1)S(=O)(=O)c1cnn(C)c1. The third kappa shape index (κ3) is 3.25. The van der Waals surface area contributed by atoms with Crippen molar-refractivity contribution in [3.8, 4) is 0 Å². The maximum Gasteiger partial charge on any atom is 0.267 e. The van der Waals surface area contributed by atoms with Crippen LogP contribution in [-0.2, 0) is 21.9 Å². The summed E-state index contributed by atoms with van der Waals surface area (Å²) >= 11 is 0. The Morgan fingerprint density at radius 2 is 2.18 bits per heavy atom. The molecule has 1 heterocycles. The number of nitrogens with one attached hydrogen (secondary N) is 1. The number of carbonyl (C=O) groups excluding carboxylic acids is 1. The number of likely N-dealkylation sites (N-methyl/N-ethyl adjacent to an activating group) is 1. The Hall–Kier alpha value is -2.42. The van der Waals surface area contributed by atoms with Crippen LogP contribution in [0.15, 0.2) is 41.6 Å². The number of nitrogens with zero attached hydrogens (tertiary/aromatic N) is 3. The van der Waals surface area contributed by atoms with Crippen LogP contribution in [0.5, 0.6) is 0 Å². The van der Waals surface area contributed by atoms with E-state index < -0.39 is 28.3 Å². The molecular formula is C13H15FN4O3S. The Balaban J connectivity index is 2.50. The maximum absolute atomic E-state index is 13.4. The number of hydrogen-bond acceptors (Lipinski definition) is 4. The molecule has 0 fully saturated rings. The van der Waals surface area contributed by atoms with Gasteiger partial charge < -0.3 is 5.32 Å². The van der Waals surface area contributed by atoms with Gasteiger partial charge in [-0.3, -0.25) is 13.8 Å². The van der Waals surface area contributed by atoms with E-state index in [1.807, 2.05) is 0 Å². The highest BCUT2D eigenvalue weighted by Gasteiger charge is 2.28. The van der Waals surface area contributed by atoms with Crippen molar-refractivity contribution in [2.75, 3.05) is 17.9 Å². The summed E-state index contributed by atoms with van der Waals surface area (Å²) in [6.45, 7) is -0.461. The Morgan fingerprint density at radius 1 is 1.45 bits per heavy atom. The van der Waals surface area contributed by atoms with E-state index in [1.165, 1.54) is 42.3 Å². The average Bonchev–Trinajstić information content (AvgIpc) is 2.91. The molecule has 1 aromatic heterocycles. The lowest BCUT2D eigenvalue weighted by molar-refractivity contribution is -0.119. The fourth-order valence-corrected chi connectivity index (χ4v) is 3.21. The van der Waals surface area contributed by atoms with Crippen molar-refractivity contribution < 1.29 is 17.6 Å². The minimum absolute atomic E-state index is 0.0625. The van der Waals surface area contributed by atoms with Crippen LogP contribution >= 0.6 is 0 Å². The fourth-order valence-electron chi connectivity index (χ4n) is 1.82. The van der Waals surface area contributed by atoms with Crippen LogP contribution in [-0.4, -0.2) is 37.7 Å². The topological polar surface area (TPSA) is 84.3 Å². The minimum Gasteiger partial charge on any atom is -0.358 e. The van der Waals surface area contributed by atoms with Crippen molar-refractivity contribution in [1.29, 1.82) is 0 Å². The summed E-state index contributed by atoms with van der Waals surface area (Å²) in [4.78, 5) is 11.6. The zero-order valence-electron chi connectivity index (χ0n) is 12.0. The van der Waals surface area contributed by atoms with Gasteiger partial charge in [0, 0.05) is 20.3 Å². The van der Waals surface area contributed by atoms with Crippen molar-refractivity contribution in [2.45, 2.75) is 4.90 Å². The number of anilines is 1. The van der Waals surface area contributed by atoms with E-state index in [0.29, 0.717) is 0 Å². The zero-order valence-corrected chi connectivity index (χ0v) is 12.8. The Kier molecular flexibility index (Phi) is 4.45. The molecule has 0 bridgehead atoms. The Morgan fingerprint density at radius 3 is 2.73 bits per heavy atom. The molecular weight excluding hydrogens is 311 g/mol. The average molecular weight is 326 g/mol. The predicted molar refractivity (Wildman–Crippen MR) is 78.2 cm³/mol. The molecule has 2 rings (SSSR count). The van der Waals surface area contributed by atoms with Gasteiger partial charge >= 0.3 is 0 Å². The van der Waals surface area contributed by atoms with Crippen LogP contribution in [0.4, 0.5) is 10.1 Å². The number of hydrogen-bond donors (Lipinski definition) is 1. The first-order valence-electron chi connectivity index (χ1n) is 6.32. The molecule has 118 valence electrons. The molecule has 1 amide bonds. The maximum atomic E-state index is 13.4. The van der Waals surface area contributed by atoms with Gasteiger partial charge in [-0.1, -0.05) is 6.07 Å². The first kappa shape index (κ1) is 16.0. The third-order valence-electron chi connectivity index (χ3n) is 2.93.